The number of pyridine rings is 1. The van der Waals surface area contributed by atoms with Crippen LogP contribution in [-0.4, -0.2) is 18.6 Å². The Morgan fingerprint density at radius 1 is 1.36 bits per heavy atom. The highest BCUT2D eigenvalue weighted by Gasteiger charge is 2.07. The Morgan fingerprint density at radius 2 is 2.08 bits per heavy atom. The molecule has 134 valence electrons. The standard InChI is InChI=1S/C18H20ClN3O.C2H6/c1-3-6-17(23-2)14-11-16(20)18(22-12-14)21-10-9-13-7-4-5-8-15(13)19;1-2/h3-8,11-12H,1,9-10,20H2,2H3,(H,21,22);1-2H3/b17-6-;. The molecule has 0 fully saturated rings. The van der Waals surface area contributed by atoms with Crippen molar-refractivity contribution >= 4 is 28.9 Å². The molecule has 2 aromatic rings. The average molecular weight is 360 g/mol. The molecule has 0 aliphatic rings. The van der Waals surface area contributed by atoms with Crippen molar-refractivity contribution < 1.29 is 4.74 Å². The predicted molar refractivity (Wildman–Crippen MR) is 109 cm³/mol. The molecule has 1 aromatic heterocycles. The van der Waals surface area contributed by atoms with E-state index in [0.717, 1.165) is 22.6 Å². The molecule has 1 aromatic carbocycles. The van der Waals surface area contributed by atoms with Gasteiger partial charge in [-0.1, -0.05) is 56.3 Å². The minimum absolute atomic E-state index is 0.564. The Balaban J connectivity index is 0.00000151. The molecule has 4 nitrogen and oxygen atoms in total. The van der Waals surface area contributed by atoms with Gasteiger partial charge in [0.15, 0.2) is 0 Å². The van der Waals surface area contributed by atoms with Gasteiger partial charge in [0.2, 0.25) is 0 Å². The lowest BCUT2D eigenvalue weighted by Crippen LogP contribution is -2.09. The van der Waals surface area contributed by atoms with E-state index in [1.165, 1.54) is 0 Å². The number of anilines is 2. The summed E-state index contributed by atoms with van der Waals surface area (Å²) >= 11 is 6.14. The van der Waals surface area contributed by atoms with E-state index < -0.39 is 0 Å². The zero-order valence-corrected chi connectivity index (χ0v) is 15.8. The number of ether oxygens (including phenoxy) is 1. The highest BCUT2D eigenvalue weighted by atomic mass is 35.5. The summed E-state index contributed by atoms with van der Waals surface area (Å²) in [4.78, 5) is 4.36. The van der Waals surface area contributed by atoms with Crippen molar-refractivity contribution in [3.8, 4) is 0 Å². The summed E-state index contributed by atoms with van der Waals surface area (Å²) in [5.41, 5.74) is 8.52. The topological polar surface area (TPSA) is 60.2 Å². The first-order valence-electron chi connectivity index (χ1n) is 8.25. The molecule has 2 rings (SSSR count). The van der Waals surface area contributed by atoms with Gasteiger partial charge >= 0.3 is 0 Å². The first kappa shape index (κ1) is 20.6. The van der Waals surface area contributed by atoms with Crippen molar-refractivity contribution in [3.63, 3.8) is 0 Å². The molecule has 0 saturated carbocycles. The van der Waals surface area contributed by atoms with Gasteiger partial charge < -0.3 is 15.8 Å². The number of nitrogens with zero attached hydrogens (tertiary/aromatic N) is 1. The number of nitrogens with two attached hydrogens (primary N) is 1. The van der Waals surface area contributed by atoms with Crippen molar-refractivity contribution in [1.29, 1.82) is 0 Å². The van der Waals surface area contributed by atoms with Crippen LogP contribution in [0.3, 0.4) is 0 Å². The van der Waals surface area contributed by atoms with Crippen molar-refractivity contribution in [2.75, 3.05) is 24.7 Å². The normalized spacial score (nSPS) is 10.5. The number of hydrogen-bond donors (Lipinski definition) is 2. The summed E-state index contributed by atoms with van der Waals surface area (Å²) in [7, 11) is 1.60. The molecule has 5 heteroatoms. The summed E-state index contributed by atoms with van der Waals surface area (Å²) in [6.07, 6.45) is 5.93. The number of hydrogen-bond acceptors (Lipinski definition) is 4. The van der Waals surface area contributed by atoms with Crippen LogP contribution in [-0.2, 0) is 11.2 Å². The van der Waals surface area contributed by atoms with E-state index in [1.54, 1.807) is 25.5 Å². The smallest absolute Gasteiger partial charge is 0.149 e. The van der Waals surface area contributed by atoms with Crippen LogP contribution in [0.5, 0.6) is 0 Å². The van der Waals surface area contributed by atoms with Gasteiger partial charge in [0.1, 0.15) is 11.6 Å². The van der Waals surface area contributed by atoms with Crippen LogP contribution in [0, 0.1) is 0 Å². The second-order valence-electron chi connectivity index (χ2n) is 4.90. The molecule has 0 saturated heterocycles. The molecule has 0 radical (unpaired) electrons. The van der Waals surface area contributed by atoms with E-state index in [1.807, 2.05) is 44.2 Å². The summed E-state index contributed by atoms with van der Waals surface area (Å²) in [5.74, 6) is 1.32. The third-order valence-electron chi connectivity index (χ3n) is 3.34. The molecule has 0 unspecified atom stereocenters. The Bertz CT molecular complexity index is 714. The highest BCUT2D eigenvalue weighted by Crippen LogP contribution is 2.22. The maximum atomic E-state index is 6.14. The van der Waals surface area contributed by atoms with Gasteiger partial charge in [-0.15, -0.1) is 0 Å². The minimum Gasteiger partial charge on any atom is -0.496 e. The molecule has 0 aliphatic carbocycles. The van der Waals surface area contributed by atoms with E-state index in [4.69, 9.17) is 22.1 Å². The third kappa shape index (κ3) is 6.16. The molecule has 1 heterocycles. The van der Waals surface area contributed by atoms with Gasteiger partial charge in [-0.25, -0.2) is 4.98 Å². The van der Waals surface area contributed by atoms with Crippen LogP contribution in [0.25, 0.3) is 5.76 Å². The lowest BCUT2D eigenvalue weighted by Gasteiger charge is -2.11. The Morgan fingerprint density at radius 3 is 2.68 bits per heavy atom. The number of benzene rings is 1. The number of aromatic nitrogens is 1. The number of rotatable bonds is 7. The van der Waals surface area contributed by atoms with E-state index >= 15 is 0 Å². The molecule has 0 spiro atoms. The third-order valence-corrected chi connectivity index (χ3v) is 3.70. The number of nitrogens with one attached hydrogen (secondary N) is 1. The monoisotopic (exact) mass is 359 g/mol. The zero-order chi connectivity index (χ0) is 18.7. The number of allylic oxidation sites excluding steroid dienone is 2. The van der Waals surface area contributed by atoms with Crippen molar-refractivity contribution in [2.45, 2.75) is 20.3 Å². The summed E-state index contributed by atoms with van der Waals surface area (Å²) in [6, 6.07) is 9.61. The molecule has 0 amide bonds. The van der Waals surface area contributed by atoms with Gasteiger partial charge in [-0.05, 0) is 30.2 Å². The predicted octanol–water partition coefficient (Wildman–Crippen LogP) is 5.17. The van der Waals surface area contributed by atoms with Crippen molar-refractivity contribution in [1.82, 2.24) is 4.98 Å². The fraction of sp³-hybridized carbons (Fsp3) is 0.250. The minimum atomic E-state index is 0.564. The molecule has 0 atom stereocenters. The van der Waals surface area contributed by atoms with Crippen LogP contribution >= 0.6 is 11.6 Å². The molecular formula is C20H26ClN3O. The van der Waals surface area contributed by atoms with Gasteiger partial charge in [0.25, 0.3) is 0 Å². The van der Waals surface area contributed by atoms with Crippen LogP contribution in [0.15, 0.2) is 55.3 Å². The van der Waals surface area contributed by atoms with Gasteiger partial charge in [0, 0.05) is 23.3 Å². The maximum Gasteiger partial charge on any atom is 0.149 e. The lowest BCUT2D eigenvalue weighted by molar-refractivity contribution is 0.370. The SMILES string of the molecule is C=C/C=C(\OC)c1cnc(NCCc2ccccc2Cl)c(N)c1.CC. The number of halogens is 1. The molecule has 3 N–H and O–H groups in total. The van der Waals surface area contributed by atoms with Gasteiger partial charge in [-0.3, -0.25) is 0 Å². The average Bonchev–Trinajstić information content (AvgIpc) is 2.64. The molecular weight excluding hydrogens is 334 g/mol. The molecule has 25 heavy (non-hydrogen) atoms. The quantitative estimate of drug-likeness (QED) is 0.528. The van der Waals surface area contributed by atoms with Gasteiger partial charge in [0.05, 0.1) is 12.8 Å². The van der Waals surface area contributed by atoms with E-state index in [0.29, 0.717) is 23.8 Å². The van der Waals surface area contributed by atoms with Crippen molar-refractivity contribution in [3.05, 3.63) is 71.4 Å². The van der Waals surface area contributed by atoms with Crippen LogP contribution < -0.4 is 11.1 Å². The second-order valence-corrected chi connectivity index (χ2v) is 5.31. The van der Waals surface area contributed by atoms with Gasteiger partial charge in [-0.2, -0.15) is 0 Å². The Kier molecular flexibility index (Phi) is 9.19. The van der Waals surface area contributed by atoms with E-state index in [2.05, 4.69) is 16.9 Å². The first-order chi connectivity index (χ1) is 12.2. The largest absolute Gasteiger partial charge is 0.496 e. The fourth-order valence-electron chi connectivity index (χ4n) is 2.17. The number of methoxy groups -OCH3 is 1. The zero-order valence-electron chi connectivity index (χ0n) is 15.1. The van der Waals surface area contributed by atoms with E-state index in [9.17, 15) is 0 Å². The van der Waals surface area contributed by atoms with Crippen LogP contribution in [0.2, 0.25) is 5.02 Å². The van der Waals surface area contributed by atoms with Crippen molar-refractivity contribution in [2.24, 2.45) is 0 Å². The Labute approximate surface area is 155 Å². The van der Waals surface area contributed by atoms with E-state index in [-0.39, 0.29) is 0 Å². The number of nitrogen functional groups attached to an aromatic ring is 1. The Hall–Kier alpha value is -2.46. The highest BCUT2D eigenvalue weighted by molar-refractivity contribution is 6.31. The maximum absolute atomic E-state index is 6.14. The second kappa shape index (κ2) is 11.2. The molecule has 0 aliphatic heterocycles. The van der Waals surface area contributed by atoms with Crippen LogP contribution in [0.4, 0.5) is 11.5 Å². The molecule has 0 bridgehead atoms. The summed E-state index contributed by atoms with van der Waals surface area (Å²) < 4.78 is 5.28. The lowest BCUT2D eigenvalue weighted by atomic mass is 10.1. The summed E-state index contributed by atoms with van der Waals surface area (Å²) in [6.45, 7) is 8.35. The van der Waals surface area contributed by atoms with Crippen LogP contribution in [0.1, 0.15) is 25.0 Å². The fourth-order valence-corrected chi connectivity index (χ4v) is 2.40. The first-order valence-corrected chi connectivity index (χ1v) is 8.63. The summed E-state index contributed by atoms with van der Waals surface area (Å²) in [5, 5.41) is 4.00.